The minimum Gasteiger partial charge on any atom is -0.368 e. The summed E-state index contributed by atoms with van der Waals surface area (Å²) >= 11 is 0. The van der Waals surface area contributed by atoms with Gasteiger partial charge in [0.1, 0.15) is 0 Å². The van der Waals surface area contributed by atoms with Crippen LogP contribution in [0.3, 0.4) is 0 Å². The minimum absolute atomic E-state index is 0.0990. The van der Waals surface area contributed by atoms with Gasteiger partial charge in [-0.05, 0) is 12.0 Å². The summed E-state index contributed by atoms with van der Waals surface area (Å²) in [6, 6.07) is 9.34. The summed E-state index contributed by atoms with van der Waals surface area (Å²) in [5, 5.41) is 0. The molecule has 1 rings (SSSR count). The van der Waals surface area contributed by atoms with Gasteiger partial charge in [-0.25, -0.2) is 0 Å². The largest absolute Gasteiger partial charge is 0.368 e. The van der Waals surface area contributed by atoms with E-state index in [-0.39, 0.29) is 19.6 Å². The van der Waals surface area contributed by atoms with Gasteiger partial charge in [-0.2, -0.15) is 0 Å². The summed E-state index contributed by atoms with van der Waals surface area (Å²) in [7, 11) is 0. The first-order valence-electron chi connectivity index (χ1n) is 6.53. The van der Waals surface area contributed by atoms with E-state index in [1.54, 1.807) is 0 Å². The highest BCUT2D eigenvalue weighted by molar-refractivity contribution is 5.89. The van der Waals surface area contributed by atoms with Crippen LogP contribution in [0.2, 0.25) is 0 Å². The van der Waals surface area contributed by atoms with Gasteiger partial charge in [0.2, 0.25) is 17.7 Å². The van der Waals surface area contributed by atoms with Gasteiger partial charge >= 0.3 is 0 Å². The predicted octanol–water partition coefficient (Wildman–Crippen LogP) is -1.40. The molecule has 0 bridgehead atoms. The highest BCUT2D eigenvalue weighted by Gasteiger charge is 2.25. The Morgan fingerprint density at radius 1 is 1.00 bits per heavy atom. The second kappa shape index (κ2) is 8.01. The van der Waals surface area contributed by atoms with E-state index in [1.807, 2.05) is 30.3 Å². The van der Waals surface area contributed by atoms with Crippen molar-refractivity contribution in [3.8, 4) is 0 Å². The zero-order valence-electron chi connectivity index (χ0n) is 11.7. The van der Waals surface area contributed by atoms with Crippen molar-refractivity contribution in [3.63, 3.8) is 0 Å². The number of nitrogens with zero attached hydrogens (tertiary/aromatic N) is 1. The molecule has 0 spiro atoms. The Hall–Kier alpha value is -2.41. The predicted molar refractivity (Wildman–Crippen MR) is 77.7 cm³/mol. The molecule has 0 fully saturated rings. The van der Waals surface area contributed by atoms with Crippen molar-refractivity contribution in [2.24, 2.45) is 23.1 Å². The summed E-state index contributed by atoms with van der Waals surface area (Å²) in [5.74, 6) is -2.36. The molecule has 0 saturated heterocycles. The average molecular weight is 292 g/mol. The molecule has 1 aromatic rings. The maximum atomic E-state index is 12.4. The van der Waals surface area contributed by atoms with Crippen LogP contribution in [-0.2, 0) is 20.8 Å². The molecule has 3 amide bonds. The molecule has 7 nitrogen and oxygen atoms in total. The summed E-state index contributed by atoms with van der Waals surface area (Å²) in [5.41, 5.74) is 16.8. The second-order valence-corrected chi connectivity index (χ2v) is 4.75. The van der Waals surface area contributed by atoms with Crippen LogP contribution in [0.25, 0.3) is 0 Å². The molecule has 1 aromatic carbocycles. The number of nitrogens with two attached hydrogens (primary N) is 3. The lowest BCUT2D eigenvalue weighted by Gasteiger charge is -2.24. The molecule has 114 valence electrons. The number of amides is 3. The summed E-state index contributed by atoms with van der Waals surface area (Å²) in [6.45, 7) is -0.609. The van der Waals surface area contributed by atoms with Gasteiger partial charge in [-0.1, -0.05) is 30.3 Å². The van der Waals surface area contributed by atoms with Crippen molar-refractivity contribution < 1.29 is 14.4 Å². The van der Waals surface area contributed by atoms with E-state index in [2.05, 4.69) is 0 Å². The fraction of sp³-hybridized carbons (Fsp3) is 0.357. The second-order valence-electron chi connectivity index (χ2n) is 4.75. The van der Waals surface area contributed by atoms with Gasteiger partial charge in [-0.15, -0.1) is 0 Å². The van der Waals surface area contributed by atoms with Crippen LogP contribution >= 0.6 is 0 Å². The third-order valence-corrected chi connectivity index (χ3v) is 2.96. The zero-order valence-corrected chi connectivity index (χ0v) is 11.7. The van der Waals surface area contributed by atoms with Crippen molar-refractivity contribution in [2.75, 3.05) is 19.6 Å². The molecule has 0 radical (unpaired) electrons. The summed E-state index contributed by atoms with van der Waals surface area (Å²) < 4.78 is 0. The van der Waals surface area contributed by atoms with Crippen LogP contribution in [0, 0.1) is 5.92 Å². The zero-order chi connectivity index (χ0) is 15.8. The van der Waals surface area contributed by atoms with Crippen molar-refractivity contribution in [1.82, 2.24) is 4.90 Å². The normalized spacial score (nSPS) is 11.7. The molecule has 0 aromatic heterocycles. The molecule has 7 heteroatoms. The minimum atomic E-state index is -0.708. The van der Waals surface area contributed by atoms with E-state index < -0.39 is 23.6 Å². The average Bonchev–Trinajstić information content (AvgIpc) is 2.43. The molecule has 6 N–H and O–H groups in total. The lowest BCUT2D eigenvalue weighted by atomic mass is 9.98. The Morgan fingerprint density at radius 2 is 1.52 bits per heavy atom. The summed E-state index contributed by atoms with van der Waals surface area (Å²) in [6.07, 6.45) is 0.421. The first-order chi connectivity index (χ1) is 9.93. The van der Waals surface area contributed by atoms with Crippen LogP contribution in [0.4, 0.5) is 0 Å². The monoisotopic (exact) mass is 292 g/mol. The number of primary amides is 2. The van der Waals surface area contributed by atoms with E-state index in [0.29, 0.717) is 6.42 Å². The Morgan fingerprint density at radius 3 is 1.95 bits per heavy atom. The van der Waals surface area contributed by atoms with Gasteiger partial charge in [0.25, 0.3) is 0 Å². The van der Waals surface area contributed by atoms with E-state index in [1.165, 1.54) is 0 Å². The van der Waals surface area contributed by atoms with Crippen molar-refractivity contribution in [3.05, 3.63) is 35.9 Å². The van der Waals surface area contributed by atoms with Crippen molar-refractivity contribution in [1.29, 1.82) is 0 Å². The molecule has 1 unspecified atom stereocenters. The molecule has 0 heterocycles. The molecule has 0 aliphatic heterocycles. The lowest BCUT2D eigenvalue weighted by Crippen LogP contribution is -2.47. The molecular formula is C14H20N4O3. The summed E-state index contributed by atoms with van der Waals surface area (Å²) in [4.78, 5) is 35.4. The van der Waals surface area contributed by atoms with Crippen LogP contribution in [0.5, 0.6) is 0 Å². The molecule has 1 atom stereocenters. The Bertz CT molecular complexity index is 488. The van der Waals surface area contributed by atoms with E-state index in [9.17, 15) is 14.4 Å². The van der Waals surface area contributed by atoms with Gasteiger partial charge in [-0.3, -0.25) is 14.4 Å². The van der Waals surface area contributed by atoms with E-state index >= 15 is 0 Å². The maximum absolute atomic E-state index is 12.4. The van der Waals surface area contributed by atoms with Crippen LogP contribution in [0.15, 0.2) is 30.3 Å². The molecular weight excluding hydrogens is 272 g/mol. The molecule has 21 heavy (non-hydrogen) atoms. The Balaban J connectivity index is 2.82. The number of hydrogen-bond donors (Lipinski definition) is 3. The number of hydrogen-bond acceptors (Lipinski definition) is 4. The molecule has 0 aliphatic carbocycles. The third kappa shape index (κ3) is 5.62. The first kappa shape index (κ1) is 16.6. The number of carbonyl (C=O) groups excluding carboxylic acids is 3. The topological polar surface area (TPSA) is 133 Å². The van der Waals surface area contributed by atoms with E-state index in [0.717, 1.165) is 10.5 Å². The SMILES string of the molecule is NCC(Cc1ccccc1)C(=O)N(CC(N)=O)CC(N)=O. The standard InChI is InChI=1S/C14H20N4O3/c15-7-11(6-10-4-2-1-3-5-10)14(21)18(8-12(16)19)9-13(17)20/h1-5,11H,6-9,15H2,(H2,16,19)(H2,17,20). The number of carbonyl (C=O) groups is 3. The smallest absolute Gasteiger partial charge is 0.237 e. The number of rotatable bonds is 8. The molecule has 0 saturated carbocycles. The highest BCUT2D eigenvalue weighted by atomic mass is 16.2. The Kier molecular flexibility index (Phi) is 6.35. The van der Waals surface area contributed by atoms with Gasteiger partial charge in [0.15, 0.2) is 0 Å². The first-order valence-corrected chi connectivity index (χ1v) is 6.53. The Labute approximate surface area is 123 Å². The third-order valence-electron chi connectivity index (χ3n) is 2.96. The van der Waals surface area contributed by atoms with Gasteiger partial charge in [0, 0.05) is 6.54 Å². The van der Waals surface area contributed by atoms with Crippen LogP contribution in [-0.4, -0.2) is 42.3 Å². The van der Waals surface area contributed by atoms with Crippen LogP contribution in [0.1, 0.15) is 5.56 Å². The molecule has 0 aliphatic rings. The van der Waals surface area contributed by atoms with Gasteiger partial charge < -0.3 is 22.1 Å². The van der Waals surface area contributed by atoms with Crippen molar-refractivity contribution >= 4 is 17.7 Å². The van der Waals surface area contributed by atoms with Crippen molar-refractivity contribution in [2.45, 2.75) is 6.42 Å². The van der Waals surface area contributed by atoms with Gasteiger partial charge in [0.05, 0.1) is 19.0 Å². The van der Waals surface area contributed by atoms with E-state index in [4.69, 9.17) is 17.2 Å². The number of benzene rings is 1. The highest BCUT2D eigenvalue weighted by Crippen LogP contribution is 2.11. The quantitative estimate of drug-likeness (QED) is 0.543. The van der Waals surface area contributed by atoms with Crippen LogP contribution < -0.4 is 17.2 Å². The lowest BCUT2D eigenvalue weighted by molar-refractivity contribution is -0.141. The fourth-order valence-corrected chi connectivity index (χ4v) is 2.02. The maximum Gasteiger partial charge on any atom is 0.237 e. The fourth-order valence-electron chi connectivity index (χ4n) is 2.02.